The number of halogens is 1. The van der Waals surface area contributed by atoms with E-state index in [0.717, 1.165) is 56.7 Å². The lowest BCUT2D eigenvalue weighted by molar-refractivity contribution is 0.0268. The summed E-state index contributed by atoms with van der Waals surface area (Å²) in [6.07, 6.45) is 0. The third-order valence-corrected chi connectivity index (χ3v) is 4.68. The van der Waals surface area contributed by atoms with Crippen molar-refractivity contribution in [3.63, 3.8) is 0 Å². The smallest absolute Gasteiger partial charge is 0.191 e. The Morgan fingerprint density at radius 1 is 1.24 bits per heavy atom. The number of rotatable bonds is 10. The van der Waals surface area contributed by atoms with Crippen LogP contribution in [0.25, 0.3) is 0 Å². The fraction of sp³-hybridized carbons (Fsp3) is 0.667. The molecule has 0 aliphatic carbocycles. The van der Waals surface area contributed by atoms with Gasteiger partial charge in [-0.25, -0.2) is 4.99 Å². The average Bonchev–Trinajstić information content (AvgIpc) is 2.71. The van der Waals surface area contributed by atoms with Gasteiger partial charge in [-0.2, -0.15) is 0 Å². The SMILES string of the molecule is CCNC(=NCc1cccc(OCCN2CCOCC2)c1)NCC(C)(C)OC.I. The number of ether oxygens (including phenoxy) is 3. The van der Waals surface area contributed by atoms with Gasteiger partial charge in [-0.15, -0.1) is 24.0 Å². The monoisotopic (exact) mass is 520 g/mol. The lowest BCUT2D eigenvalue weighted by Gasteiger charge is -2.26. The molecule has 0 bridgehead atoms. The molecule has 0 radical (unpaired) electrons. The molecule has 0 unspecified atom stereocenters. The molecule has 1 aromatic carbocycles. The molecule has 0 atom stereocenters. The Kier molecular flexibility index (Phi) is 12.5. The lowest BCUT2D eigenvalue weighted by atomic mass is 10.1. The van der Waals surface area contributed by atoms with Crippen molar-refractivity contribution < 1.29 is 14.2 Å². The maximum atomic E-state index is 5.93. The van der Waals surface area contributed by atoms with E-state index in [4.69, 9.17) is 14.2 Å². The standard InChI is InChI=1S/C21H36N4O3.HI/c1-5-22-20(24-17-21(2,3)26-4)23-16-18-7-6-8-19(15-18)28-14-11-25-9-12-27-13-10-25;/h6-8,15H,5,9-14,16-17H2,1-4H3,(H2,22,23,24);1H. The van der Waals surface area contributed by atoms with Crippen LogP contribution in [0.1, 0.15) is 26.3 Å². The second kappa shape index (κ2) is 14.0. The van der Waals surface area contributed by atoms with Crippen molar-refractivity contribution in [2.24, 2.45) is 4.99 Å². The van der Waals surface area contributed by atoms with E-state index in [-0.39, 0.29) is 29.6 Å². The summed E-state index contributed by atoms with van der Waals surface area (Å²) in [5, 5.41) is 6.61. The molecule has 0 amide bonds. The molecule has 0 aromatic heterocycles. The van der Waals surface area contributed by atoms with E-state index in [1.165, 1.54) is 0 Å². The van der Waals surface area contributed by atoms with Crippen LogP contribution in [-0.4, -0.2) is 76.1 Å². The summed E-state index contributed by atoms with van der Waals surface area (Å²) >= 11 is 0. The highest BCUT2D eigenvalue weighted by atomic mass is 127. The van der Waals surface area contributed by atoms with Crippen molar-refractivity contribution in [2.45, 2.75) is 32.9 Å². The highest BCUT2D eigenvalue weighted by Gasteiger charge is 2.16. The Morgan fingerprint density at radius 2 is 2.00 bits per heavy atom. The molecule has 0 saturated carbocycles. The van der Waals surface area contributed by atoms with E-state index >= 15 is 0 Å². The Labute approximate surface area is 192 Å². The molecule has 1 aliphatic heterocycles. The van der Waals surface area contributed by atoms with Gasteiger partial charge in [0.2, 0.25) is 0 Å². The van der Waals surface area contributed by atoms with Gasteiger partial charge in [0.25, 0.3) is 0 Å². The van der Waals surface area contributed by atoms with Gasteiger partial charge in [0.1, 0.15) is 12.4 Å². The van der Waals surface area contributed by atoms with Crippen LogP contribution in [0, 0.1) is 0 Å². The number of aliphatic imine (C=N–C) groups is 1. The summed E-state index contributed by atoms with van der Waals surface area (Å²) in [4.78, 5) is 7.05. The molecule has 1 fully saturated rings. The van der Waals surface area contributed by atoms with E-state index in [1.807, 2.05) is 26.0 Å². The van der Waals surface area contributed by atoms with Gasteiger partial charge < -0.3 is 24.8 Å². The number of guanidine groups is 1. The van der Waals surface area contributed by atoms with Gasteiger partial charge in [-0.05, 0) is 38.5 Å². The van der Waals surface area contributed by atoms with Crippen molar-refractivity contribution in [3.8, 4) is 5.75 Å². The molecule has 1 aliphatic rings. The van der Waals surface area contributed by atoms with Crippen LogP contribution >= 0.6 is 24.0 Å². The Balaban J connectivity index is 0.00000420. The first-order valence-corrected chi connectivity index (χ1v) is 10.1. The summed E-state index contributed by atoms with van der Waals surface area (Å²) in [5.74, 6) is 1.67. The Morgan fingerprint density at radius 3 is 2.69 bits per heavy atom. The molecular weight excluding hydrogens is 483 g/mol. The van der Waals surface area contributed by atoms with Crippen LogP contribution in [0.4, 0.5) is 0 Å². The van der Waals surface area contributed by atoms with Gasteiger partial charge in [-0.1, -0.05) is 12.1 Å². The highest BCUT2D eigenvalue weighted by Crippen LogP contribution is 2.14. The summed E-state index contributed by atoms with van der Waals surface area (Å²) < 4.78 is 16.8. The Hall–Kier alpha value is -1.10. The Bertz CT molecular complexity index is 607. The first-order valence-electron chi connectivity index (χ1n) is 10.1. The largest absolute Gasteiger partial charge is 0.492 e. The summed E-state index contributed by atoms with van der Waals surface area (Å²) in [6.45, 7) is 13.4. The predicted octanol–water partition coefficient (Wildman–Crippen LogP) is 2.50. The van der Waals surface area contributed by atoms with Crippen LogP contribution in [-0.2, 0) is 16.0 Å². The van der Waals surface area contributed by atoms with Crippen molar-refractivity contribution >= 4 is 29.9 Å². The zero-order valence-electron chi connectivity index (χ0n) is 18.2. The van der Waals surface area contributed by atoms with Crippen LogP contribution in [0.2, 0.25) is 0 Å². The first kappa shape index (κ1) is 25.9. The van der Waals surface area contributed by atoms with Crippen molar-refractivity contribution in [1.82, 2.24) is 15.5 Å². The number of nitrogens with zero attached hydrogens (tertiary/aromatic N) is 2. The van der Waals surface area contributed by atoms with E-state index in [1.54, 1.807) is 7.11 Å². The number of morpholine rings is 1. The molecule has 2 rings (SSSR count). The third-order valence-electron chi connectivity index (χ3n) is 4.68. The fourth-order valence-electron chi connectivity index (χ4n) is 2.73. The van der Waals surface area contributed by atoms with Crippen LogP contribution in [0.3, 0.4) is 0 Å². The molecule has 1 saturated heterocycles. The zero-order valence-corrected chi connectivity index (χ0v) is 20.5. The van der Waals surface area contributed by atoms with Crippen molar-refractivity contribution in [3.05, 3.63) is 29.8 Å². The molecule has 1 heterocycles. The maximum absolute atomic E-state index is 5.93. The quantitative estimate of drug-likeness (QED) is 0.281. The molecule has 0 spiro atoms. The molecule has 2 N–H and O–H groups in total. The number of benzene rings is 1. The minimum absolute atomic E-state index is 0. The second-order valence-electron chi connectivity index (χ2n) is 7.46. The summed E-state index contributed by atoms with van der Waals surface area (Å²) in [6, 6.07) is 8.15. The normalized spacial score (nSPS) is 15.5. The first-order chi connectivity index (χ1) is 13.5. The van der Waals surface area contributed by atoms with Crippen LogP contribution < -0.4 is 15.4 Å². The molecule has 29 heavy (non-hydrogen) atoms. The molecule has 1 aromatic rings. The lowest BCUT2D eigenvalue weighted by Crippen LogP contribution is -2.45. The van der Waals surface area contributed by atoms with Crippen LogP contribution in [0.5, 0.6) is 5.75 Å². The second-order valence-corrected chi connectivity index (χ2v) is 7.46. The molecule has 166 valence electrons. The van der Waals surface area contributed by atoms with Gasteiger partial charge in [0.05, 0.1) is 25.4 Å². The molecule has 8 heteroatoms. The van der Waals surface area contributed by atoms with E-state index in [2.05, 4.69) is 39.6 Å². The fourth-order valence-corrected chi connectivity index (χ4v) is 2.73. The zero-order chi connectivity index (χ0) is 20.2. The van der Waals surface area contributed by atoms with E-state index in [0.29, 0.717) is 19.7 Å². The minimum Gasteiger partial charge on any atom is -0.492 e. The highest BCUT2D eigenvalue weighted by molar-refractivity contribution is 14.0. The van der Waals surface area contributed by atoms with E-state index in [9.17, 15) is 0 Å². The van der Waals surface area contributed by atoms with Crippen molar-refractivity contribution in [2.75, 3.05) is 59.7 Å². The number of nitrogens with one attached hydrogen (secondary N) is 2. The van der Waals surface area contributed by atoms with Gasteiger partial charge in [-0.3, -0.25) is 4.90 Å². The predicted molar refractivity (Wildman–Crippen MR) is 129 cm³/mol. The van der Waals surface area contributed by atoms with Gasteiger partial charge >= 0.3 is 0 Å². The van der Waals surface area contributed by atoms with Gasteiger partial charge in [0.15, 0.2) is 5.96 Å². The number of hydrogen-bond donors (Lipinski definition) is 2. The summed E-state index contributed by atoms with van der Waals surface area (Å²) in [7, 11) is 1.72. The third kappa shape index (κ3) is 10.5. The topological polar surface area (TPSA) is 67.4 Å². The average molecular weight is 520 g/mol. The van der Waals surface area contributed by atoms with E-state index < -0.39 is 0 Å². The number of hydrogen-bond acceptors (Lipinski definition) is 5. The van der Waals surface area contributed by atoms with Gasteiger partial charge in [0, 0.05) is 39.8 Å². The maximum Gasteiger partial charge on any atom is 0.191 e. The molecular formula is C21H37IN4O3. The summed E-state index contributed by atoms with van der Waals surface area (Å²) in [5.41, 5.74) is 0.872. The van der Waals surface area contributed by atoms with Crippen LogP contribution in [0.15, 0.2) is 29.3 Å². The minimum atomic E-state index is -0.246. The number of methoxy groups -OCH3 is 1. The molecule has 7 nitrogen and oxygen atoms in total. The van der Waals surface area contributed by atoms with Crippen molar-refractivity contribution in [1.29, 1.82) is 0 Å².